The molecular weight excluding hydrogens is 324 g/mol. The number of hydrogen-bond donors (Lipinski definition) is 1. The van der Waals surface area contributed by atoms with Gasteiger partial charge in [-0.25, -0.2) is 0 Å². The summed E-state index contributed by atoms with van der Waals surface area (Å²) in [5.74, 6) is 0. The fourth-order valence-electron chi connectivity index (χ4n) is 1.85. The lowest BCUT2D eigenvalue weighted by atomic mass is 10.1. The molecule has 0 spiro atoms. The van der Waals surface area contributed by atoms with Crippen molar-refractivity contribution in [3.63, 3.8) is 0 Å². The van der Waals surface area contributed by atoms with Gasteiger partial charge in [-0.1, -0.05) is 0 Å². The Hall–Kier alpha value is 0.350. The van der Waals surface area contributed by atoms with E-state index in [0.29, 0.717) is 0 Å². The highest BCUT2D eigenvalue weighted by Crippen LogP contribution is 2.24. The Kier molecular flexibility index (Phi) is 6.40. The van der Waals surface area contributed by atoms with Gasteiger partial charge in [0.1, 0.15) is 0 Å². The lowest BCUT2D eigenvalue weighted by Crippen LogP contribution is -2.49. The zero-order chi connectivity index (χ0) is 11.5. The minimum absolute atomic E-state index is 0. The topological polar surface area (TPSA) is 38.5 Å². The molecule has 0 aromatic carbocycles. The second kappa shape index (κ2) is 7.07. The highest BCUT2D eigenvalue weighted by Gasteiger charge is 2.23. The number of ether oxygens (including phenoxy) is 1. The molecule has 17 heavy (non-hydrogen) atoms. The predicted octanol–water partition coefficient (Wildman–Crippen LogP) is 2.48. The van der Waals surface area contributed by atoms with Crippen molar-refractivity contribution < 1.29 is 4.74 Å². The summed E-state index contributed by atoms with van der Waals surface area (Å²) in [6.45, 7) is 5.74. The first-order chi connectivity index (χ1) is 7.65. The molecule has 2 N–H and O–H groups in total. The van der Waals surface area contributed by atoms with E-state index in [1.165, 1.54) is 8.66 Å². The van der Waals surface area contributed by atoms with E-state index in [4.69, 9.17) is 10.5 Å². The monoisotopic (exact) mass is 340 g/mol. The summed E-state index contributed by atoms with van der Waals surface area (Å²) in [5, 5.41) is 0. The summed E-state index contributed by atoms with van der Waals surface area (Å²) >= 11 is 5.28. The van der Waals surface area contributed by atoms with E-state index in [9.17, 15) is 0 Å². The van der Waals surface area contributed by atoms with Crippen molar-refractivity contribution in [1.29, 1.82) is 0 Å². The number of thiophene rings is 1. The van der Waals surface area contributed by atoms with Gasteiger partial charge in [0.05, 0.1) is 16.5 Å². The van der Waals surface area contributed by atoms with Crippen molar-refractivity contribution in [1.82, 2.24) is 4.90 Å². The van der Waals surface area contributed by atoms with Gasteiger partial charge < -0.3 is 10.5 Å². The van der Waals surface area contributed by atoms with Crippen LogP contribution in [0.15, 0.2) is 15.9 Å². The molecule has 0 saturated carbocycles. The number of halogens is 2. The second-order valence-electron chi connectivity index (χ2n) is 4.21. The molecular formula is C11H18BrClN2OS. The fourth-order valence-corrected chi connectivity index (χ4v) is 3.38. The first-order valence-electron chi connectivity index (χ1n) is 5.49. The summed E-state index contributed by atoms with van der Waals surface area (Å²) in [6.07, 6.45) is 0.178. The molecule has 3 nitrogen and oxygen atoms in total. The van der Waals surface area contributed by atoms with E-state index in [1.54, 1.807) is 11.3 Å². The molecule has 0 radical (unpaired) electrons. The lowest BCUT2D eigenvalue weighted by Gasteiger charge is -2.34. The normalized spacial score (nSPS) is 23.1. The van der Waals surface area contributed by atoms with E-state index < -0.39 is 0 Å². The van der Waals surface area contributed by atoms with Crippen LogP contribution in [0.4, 0.5) is 0 Å². The first kappa shape index (κ1) is 15.4. The van der Waals surface area contributed by atoms with Crippen LogP contribution in [0.3, 0.4) is 0 Å². The fraction of sp³-hybridized carbons (Fsp3) is 0.636. The maximum Gasteiger partial charge on any atom is 0.0850 e. The molecule has 1 saturated heterocycles. The SMILES string of the molecule is CC(N)C1CN(Cc2ccc(Br)s2)CCO1.Cl. The van der Waals surface area contributed by atoms with E-state index in [-0.39, 0.29) is 24.6 Å². The number of nitrogens with two attached hydrogens (primary N) is 1. The lowest BCUT2D eigenvalue weighted by molar-refractivity contribution is -0.0400. The van der Waals surface area contributed by atoms with Crippen LogP contribution in [-0.4, -0.2) is 36.7 Å². The van der Waals surface area contributed by atoms with Crippen molar-refractivity contribution >= 4 is 39.7 Å². The van der Waals surface area contributed by atoms with E-state index in [0.717, 1.165) is 26.2 Å². The number of nitrogens with zero attached hydrogens (tertiary/aromatic N) is 1. The zero-order valence-corrected chi connectivity index (χ0v) is 13.0. The highest BCUT2D eigenvalue weighted by molar-refractivity contribution is 9.11. The smallest absolute Gasteiger partial charge is 0.0850 e. The predicted molar refractivity (Wildman–Crippen MR) is 77.9 cm³/mol. The molecule has 1 aliphatic heterocycles. The number of rotatable bonds is 3. The Labute approximate surface area is 121 Å². The van der Waals surface area contributed by atoms with Gasteiger partial charge in [0.2, 0.25) is 0 Å². The van der Waals surface area contributed by atoms with Crippen molar-refractivity contribution in [2.75, 3.05) is 19.7 Å². The van der Waals surface area contributed by atoms with E-state index in [1.807, 2.05) is 6.92 Å². The molecule has 98 valence electrons. The highest BCUT2D eigenvalue weighted by atomic mass is 79.9. The van der Waals surface area contributed by atoms with Crippen LogP contribution in [0.2, 0.25) is 0 Å². The maximum atomic E-state index is 5.87. The third-order valence-electron chi connectivity index (χ3n) is 2.77. The van der Waals surface area contributed by atoms with Crippen LogP contribution in [0.1, 0.15) is 11.8 Å². The maximum absolute atomic E-state index is 5.87. The Morgan fingerprint density at radius 1 is 1.65 bits per heavy atom. The Morgan fingerprint density at radius 2 is 2.41 bits per heavy atom. The summed E-state index contributed by atoms with van der Waals surface area (Å²) in [4.78, 5) is 3.80. The molecule has 2 atom stereocenters. The third-order valence-corrected chi connectivity index (χ3v) is 4.38. The quantitative estimate of drug-likeness (QED) is 0.918. The van der Waals surface area contributed by atoms with Crippen LogP contribution >= 0.6 is 39.7 Å². The first-order valence-corrected chi connectivity index (χ1v) is 7.10. The average Bonchev–Trinajstić information content (AvgIpc) is 2.64. The van der Waals surface area contributed by atoms with Gasteiger partial charge in [0, 0.05) is 30.6 Å². The van der Waals surface area contributed by atoms with E-state index >= 15 is 0 Å². The van der Waals surface area contributed by atoms with Crippen LogP contribution in [0.25, 0.3) is 0 Å². The zero-order valence-electron chi connectivity index (χ0n) is 9.77. The number of morpholine rings is 1. The van der Waals surface area contributed by atoms with Gasteiger partial charge in [-0.2, -0.15) is 0 Å². The molecule has 6 heteroatoms. The summed E-state index contributed by atoms with van der Waals surface area (Å²) in [6, 6.07) is 4.38. The Bertz CT molecular complexity index is 348. The molecule has 2 rings (SSSR count). The second-order valence-corrected chi connectivity index (χ2v) is 6.76. The van der Waals surface area contributed by atoms with Crippen molar-refractivity contribution in [2.45, 2.75) is 25.6 Å². The summed E-state index contributed by atoms with van der Waals surface area (Å²) < 4.78 is 6.83. The molecule has 2 unspecified atom stereocenters. The van der Waals surface area contributed by atoms with Crippen molar-refractivity contribution in [2.24, 2.45) is 5.73 Å². The van der Waals surface area contributed by atoms with Crippen molar-refractivity contribution in [3.05, 3.63) is 20.8 Å². The average molecular weight is 342 g/mol. The third kappa shape index (κ3) is 4.50. The molecule has 1 aromatic rings. The number of hydrogen-bond acceptors (Lipinski definition) is 4. The van der Waals surface area contributed by atoms with Gasteiger partial charge in [0.25, 0.3) is 0 Å². The Morgan fingerprint density at radius 3 is 3.00 bits per heavy atom. The van der Waals surface area contributed by atoms with Gasteiger partial charge in [-0.05, 0) is 35.0 Å². The van der Waals surface area contributed by atoms with Crippen LogP contribution < -0.4 is 5.73 Å². The minimum atomic E-state index is 0. The van der Waals surface area contributed by atoms with Gasteiger partial charge in [-0.3, -0.25) is 4.90 Å². The molecule has 1 aromatic heterocycles. The van der Waals surface area contributed by atoms with E-state index in [2.05, 4.69) is 33.0 Å². The van der Waals surface area contributed by atoms with Crippen LogP contribution in [0, 0.1) is 0 Å². The molecule has 1 fully saturated rings. The Balaban J connectivity index is 0.00000144. The van der Waals surface area contributed by atoms with Crippen molar-refractivity contribution in [3.8, 4) is 0 Å². The van der Waals surface area contributed by atoms with Gasteiger partial charge in [0.15, 0.2) is 0 Å². The molecule has 0 amide bonds. The van der Waals surface area contributed by atoms with Gasteiger partial charge >= 0.3 is 0 Å². The van der Waals surface area contributed by atoms with Crippen LogP contribution in [0.5, 0.6) is 0 Å². The summed E-state index contributed by atoms with van der Waals surface area (Å²) in [7, 11) is 0. The largest absolute Gasteiger partial charge is 0.374 e. The standard InChI is InChI=1S/C11H17BrN2OS.ClH/c1-8(13)10-7-14(4-5-15-10)6-9-2-3-11(12)16-9;/h2-3,8,10H,4-7,13H2,1H3;1H. The minimum Gasteiger partial charge on any atom is -0.374 e. The van der Waals surface area contributed by atoms with Crippen LogP contribution in [-0.2, 0) is 11.3 Å². The molecule has 1 aliphatic rings. The molecule has 2 heterocycles. The van der Waals surface area contributed by atoms with Gasteiger partial charge in [-0.15, -0.1) is 23.7 Å². The molecule has 0 bridgehead atoms. The molecule has 0 aliphatic carbocycles. The summed E-state index contributed by atoms with van der Waals surface area (Å²) in [5.41, 5.74) is 5.87.